The predicted molar refractivity (Wildman–Crippen MR) is 73.5 cm³/mol. The van der Waals surface area contributed by atoms with Crippen molar-refractivity contribution >= 4 is 27.5 Å². The van der Waals surface area contributed by atoms with Gasteiger partial charge in [-0.15, -0.1) is 11.8 Å². The molecule has 0 radical (unpaired) electrons. The SMILES string of the molecule is CCN(CCCO)C(=O)CSC1CCS(=O)(=O)C1. The zero-order valence-electron chi connectivity index (χ0n) is 10.7. The fourth-order valence-electron chi connectivity index (χ4n) is 1.89. The normalized spacial score (nSPS) is 22.0. The lowest BCUT2D eigenvalue weighted by molar-refractivity contribution is -0.128. The molecule has 0 aromatic rings. The molecule has 0 aromatic carbocycles. The molecule has 1 unspecified atom stereocenters. The van der Waals surface area contributed by atoms with Crippen LogP contribution in [0.15, 0.2) is 0 Å². The van der Waals surface area contributed by atoms with E-state index < -0.39 is 9.84 Å². The third-order valence-electron chi connectivity index (χ3n) is 2.95. The highest BCUT2D eigenvalue weighted by molar-refractivity contribution is 8.02. The molecule has 18 heavy (non-hydrogen) atoms. The number of carbonyl (C=O) groups excluding carboxylic acids is 1. The molecule has 0 aliphatic carbocycles. The molecule has 1 aliphatic rings. The van der Waals surface area contributed by atoms with Gasteiger partial charge < -0.3 is 10.0 Å². The molecule has 1 fully saturated rings. The smallest absolute Gasteiger partial charge is 0.232 e. The summed E-state index contributed by atoms with van der Waals surface area (Å²) >= 11 is 1.44. The van der Waals surface area contributed by atoms with Crippen LogP contribution in [0.25, 0.3) is 0 Å². The highest BCUT2D eigenvalue weighted by Crippen LogP contribution is 2.24. The number of amides is 1. The van der Waals surface area contributed by atoms with Gasteiger partial charge in [0, 0.05) is 24.9 Å². The Morgan fingerprint density at radius 1 is 1.50 bits per heavy atom. The van der Waals surface area contributed by atoms with Gasteiger partial charge in [-0.3, -0.25) is 4.79 Å². The number of aliphatic hydroxyl groups excluding tert-OH is 1. The molecule has 7 heteroatoms. The molecule has 1 heterocycles. The van der Waals surface area contributed by atoms with Crippen LogP contribution in [-0.4, -0.2) is 66.5 Å². The Hall–Kier alpha value is -0.270. The summed E-state index contributed by atoms with van der Waals surface area (Å²) in [5, 5.41) is 8.81. The summed E-state index contributed by atoms with van der Waals surface area (Å²) in [5.74, 6) is 0.814. The van der Waals surface area contributed by atoms with Gasteiger partial charge >= 0.3 is 0 Å². The molecule has 5 nitrogen and oxygen atoms in total. The van der Waals surface area contributed by atoms with E-state index in [1.54, 1.807) is 4.90 Å². The lowest BCUT2D eigenvalue weighted by Gasteiger charge is -2.20. The average Bonchev–Trinajstić information content (AvgIpc) is 2.67. The van der Waals surface area contributed by atoms with Crippen LogP contribution in [0.4, 0.5) is 0 Å². The largest absolute Gasteiger partial charge is 0.396 e. The number of sulfone groups is 1. The molecule has 1 saturated heterocycles. The van der Waals surface area contributed by atoms with Crippen molar-refractivity contribution in [3.05, 3.63) is 0 Å². The summed E-state index contributed by atoms with van der Waals surface area (Å²) in [7, 11) is -2.86. The minimum atomic E-state index is -2.86. The van der Waals surface area contributed by atoms with Crippen molar-refractivity contribution in [2.45, 2.75) is 25.0 Å². The Bertz CT molecular complexity index is 369. The Labute approximate surface area is 113 Å². The Morgan fingerprint density at radius 2 is 2.22 bits per heavy atom. The quantitative estimate of drug-likeness (QED) is 0.723. The third kappa shape index (κ3) is 5.16. The fraction of sp³-hybridized carbons (Fsp3) is 0.909. The molecule has 0 saturated carbocycles. The van der Waals surface area contributed by atoms with Crippen LogP contribution in [0, 0.1) is 0 Å². The van der Waals surface area contributed by atoms with E-state index >= 15 is 0 Å². The van der Waals surface area contributed by atoms with Crippen molar-refractivity contribution in [3.8, 4) is 0 Å². The summed E-state index contributed by atoms with van der Waals surface area (Å²) in [6, 6.07) is 0. The zero-order chi connectivity index (χ0) is 13.6. The number of aliphatic hydroxyl groups is 1. The number of nitrogens with zero attached hydrogens (tertiary/aromatic N) is 1. The minimum Gasteiger partial charge on any atom is -0.396 e. The van der Waals surface area contributed by atoms with Crippen molar-refractivity contribution in [1.82, 2.24) is 4.90 Å². The van der Waals surface area contributed by atoms with Crippen LogP contribution in [-0.2, 0) is 14.6 Å². The zero-order valence-corrected chi connectivity index (χ0v) is 12.3. The second kappa shape index (κ2) is 7.35. The van der Waals surface area contributed by atoms with E-state index in [1.165, 1.54) is 11.8 Å². The molecule has 1 rings (SSSR count). The van der Waals surface area contributed by atoms with Crippen LogP contribution in [0.1, 0.15) is 19.8 Å². The van der Waals surface area contributed by atoms with Gasteiger partial charge in [0.1, 0.15) is 0 Å². The fourth-order valence-corrected chi connectivity index (χ4v) is 5.44. The molecule has 1 aliphatic heterocycles. The predicted octanol–water partition coefficient (Wildman–Crippen LogP) is 0.138. The standard InChI is InChI=1S/C11H21NO4S2/c1-2-12(5-3-6-13)11(14)8-17-10-4-7-18(15,16)9-10/h10,13H,2-9H2,1H3. The topological polar surface area (TPSA) is 74.7 Å². The number of hydrogen-bond donors (Lipinski definition) is 1. The van der Waals surface area contributed by atoms with Crippen molar-refractivity contribution in [3.63, 3.8) is 0 Å². The van der Waals surface area contributed by atoms with Crippen molar-refractivity contribution in [2.75, 3.05) is 37.0 Å². The second-order valence-electron chi connectivity index (χ2n) is 4.39. The number of hydrogen-bond acceptors (Lipinski definition) is 5. The van der Waals surface area contributed by atoms with E-state index in [-0.39, 0.29) is 29.3 Å². The van der Waals surface area contributed by atoms with Crippen LogP contribution in [0.3, 0.4) is 0 Å². The van der Waals surface area contributed by atoms with E-state index in [1.807, 2.05) is 6.92 Å². The van der Waals surface area contributed by atoms with Gasteiger partial charge in [-0.1, -0.05) is 0 Å². The van der Waals surface area contributed by atoms with Crippen LogP contribution in [0.2, 0.25) is 0 Å². The third-order valence-corrected chi connectivity index (χ3v) is 6.22. The summed E-state index contributed by atoms with van der Waals surface area (Å²) in [5.41, 5.74) is 0. The number of carbonyl (C=O) groups is 1. The Morgan fingerprint density at radius 3 is 2.72 bits per heavy atom. The summed E-state index contributed by atoms with van der Waals surface area (Å²) in [6.07, 6.45) is 1.24. The van der Waals surface area contributed by atoms with E-state index in [0.29, 0.717) is 31.7 Å². The van der Waals surface area contributed by atoms with E-state index in [0.717, 1.165) is 0 Å². The first-order valence-corrected chi connectivity index (χ1v) is 9.06. The minimum absolute atomic E-state index is 0.0280. The lowest BCUT2D eigenvalue weighted by atomic mass is 10.4. The molecule has 106 valence electrons. The van der Waals surface area contributed by atoms with E-state index in [9.17, 15) is 13.2 Å². The number of thioether (sulfide) groups is 1. The van der Waals surface area contributed by atoms with Gasteiger partial charge in [-0.25, -0.2) is 8.42 Å². The first kappa shape index (κ1) is 15.8. The van der Waals surface area contributed by atoms with Crippen LogP contribution in [0.5, 0.6) is 0 Å². The van der Waals surface area contributed by atoms with Gasteiger partial charge in [-0.2, -0.15) is 0 Å². The lowest BCUT2D eigenvalue weighted by Crippen LogP contribution is -2.34. The molecule has 1 N–H and O–H groups in total. The van der Waals surface area contributed by atoms with Crippen LogP contribution >= 0.6 is 11.8 Å². The number of rotatable bonds is 7. The van der Waals surface area contributed by atoms with Crippen molar-refractivity contribution in [2.24, 2.45) is 0 Å². The van der Waals surface area contributed by atoms with Crippen molar-refractivity contribution < 1.29 is 18.3 Å². The molecular weight excluding hydrogens is 274 g/mol. The first-order valence-electron chi connectivity index (χ1n) is 6.19. The maximum atomic E-state index is 11.9. The van der Waals surface area contributed by atoms with Gasteiger partial charge in [0.25, 0.3) is 0 Å². The van der Waals surface area contributed by atoms with Gasteiger partial charge in [0.15, 0.2) is 9.84 Å². The molecular formula is C11H21NO4S2. The second-order valence-corrected chi connectivity index (χ2v) is 7.90. The molecule has 1 atom stereocenters. The molecule has 1 amide bonds. The van der Waals surface area contributed by atoms with E-state index in [2.05, 4.69) is 0 Å². The summed E-state index contributed by atoms with van der Waals surface area (Å²) < 4.78 is 22.6. The highest BCUT2D eigenvalue weighted by Gasteiger charge is 2.28. The molecule has 0 spiro atoms. The van der Waals surface area contributed by atoms with Crippen LogP contribution < -0.4 is 0 Å². The van der Waals surface area contributed by atoms with Crippen molar-refractivity contribution in [1.29, 1.82) is 0 Å². The molecule has 0 aromatic heterocycles. The summed E-state index contributed by atoms with van der Waals surface area (Å²) in [6.45, 7) is 3.18. The van der Waals surface area contributed by atoms with Gasteiger partial charge in [-0.05, 0) is 19.8 Å². The maximum absolute atomic E-state index is 11.9. The van der Waals surface area contributed by atoms with E-state index in [4.69, 9.17) is 5.11 Å². The monoisotopic (exact) mass is 295 g/mol. The van der Waals surface area contributed by atoms with Gasteiger partial charge in [0.2, 0.25) is 5.91 Å². The molecule has 0 bridgehead atoms. The van der Waals surface area contributed by atoms with Gasteiger partial charge in [0.05, 0.1) is 17.3 Å². The maximum Gasteiger partial charge on any atom is 0.232 e. The Balaban J connectivity index is 2.31. The first-order chi connectivity index (χ1) is 8.48. The average molecular weight is 295 g/mol. The summed E-state index contributed by atoms with van der Waals surface area (Å²) in [4.78, 5) is 13.6. The Kier molecular flexibility index (Phi) is 6.45. The highest BCUT2D eigenvalue weighted by atomic mass is 32.2.